The van der Waals surface area contributed by atoms with Gasteiger partial charge in [0.1, 0.15) is 30.9 Å². The van der Waals surface area contributed by atoms with E-state index < -0.39 is 198 Å². The smallest absolute Gasteiger partial charge is 0.203 e. The Kier molecular flexibility index (Phi) is 11.4. The van der Waals surface area contributed by atoms with Crippen molar-refractivity contribution in [1.82, 2.24) is 0 Å². The zero-order valence-corrected chi connectivity index (χ0v) is 29.8. The maximum absolute atomic E-state index is 16.1. The number of benzene rings is 3. The molecular formula is C34H7F17N4S3. The van der Waals surface area contributed by atoms with E-state index in [0.717, 1.165) is 6.92 Å². The number of halogens is 17. The van der Waals surface area contributed by atoms with E-state index >= 15 is 35.1 Å². The predicted molar refractivity (Wildman–Crippen MR) is 172 cm³/mol. The van der Waals surface area contributed by atoms with Crippen molar-refractivity contribution in [3.05, 3.63) is 113 Å². The molecule has 4 nitrogen and oxygen atoms in total. The van der Waals surface area contributed by atoms with E-state index in [4.69, 9.17) is 13.1 Å². The summed E-state index contributed by atoms with van der Waals surface area (Å²) in [7, 11) is 0. The summed E-state index contributed by atoms with van der Waals surface area (Å²) < 4.78 is 248. The lowest BCUT2D eigenvalue weighted by atomic mass is 9.86. The van der Waals surface area contributed by atoms with Crippen LogP contribution in [0.3, 0.4) is 0 Å². The normalized spacial score (nSPS) is 13.9. The summed E-state index contributed by atoms with van der Waals surface area (Å²) >= 11 is -4.67. The molecule has 3 aromatic carbocycles. The van der Waals surface area contributed by atoms with Crippen LogP contribution in [0.5, 0.6) is 0 Å². The third kappa shape index (κ3) is 7.44. The summed E-state index contributed by atoms with van der Waals surface area (Å²) in [6.45, 7) is 15.7. The molecule has 0 atom stereocenters. The molecule has 0 heterocycles. The van der Waals surface area contributed by atoms with Crippen LogP contribution in [-0.2, 0) is 12.8 Å². The minimum atomic E-state index is -5.62. The molecule has 0 N–H and O–H groups in total. The number of rotatable bonds is 5. The summed E-state index contributed by atoms with van der Waals surface area (Å²) in [4.78, 5) is -0.331. The quantitative estimate of drug-likeness (QED) is 0.0840. The third-order valence-corrected chi connectivity index (χ3v) is 10.8. The van der Waals surface area contributed by atoms with E-state index in [-0.39, 0.29) is 0 Å². The first kappa shape index (κ1) is 43.8. The second-order valence-electron chi connectivity index (χ2n) is 11.4. The number of thioether (sulfide) groups is 3. The van der Waals surface area contributed by atoms with E-state index in [2.05, 4.69) is 9.69 Å². The second kappa shape index (κ2) is 15.1. The van der Waals surface area contributed by atoms with Gasteiger partial charge in [-0.15, -0.1) is 0 Å². The van der Waals surface area contributed by atoms with Gasteiger partial charge in [0.05, 0.1) is 26.5 Å². The molecule has 0 radical (unpaired) electrons. The Bertz CT molecular complexity index is 2660. The second-order valence-corrected chi connectivity index (χ2v) is 14.7. The summed E-state index contributed by atoms with van der Waals surface area (Å²) in [5.74, 6) is -22.8. The molecule has 24 heteroatoms. The fourth-order valence-electron chi connectivity index (χ4n) is 6.36. The SMILES string of the molecule is [C-]#[N+]C([N+]#[C-])=C1Cc2c(-c3c(F)c(F)c(SC(F)(F)F)c(F)c3F)c3c(c(-c4c(F)c(F)c(SC(F)(F)F)c(F)c4F)c2=C1C)CC(=C(C#N)C#N)C=3SC(F)(F)F. The van der Waals surface area contributed by atoms with Gasteiger partial charge >= 0.3 is 22.3 Å². The number of nitriles is 2. The molecule has 58 heavy (non-hydrogen) atoms. The Morgan fingerprint density at radius 1 is 0.534 bits per heavy atom. The van der Waals surface area contributed by atoms with Gasteiger partial charge in [0.15, 0.2) is 46.5 Å². The topological polar surface area (TPSA) is 56.3 Å². The van der Waals surface area contributed by atoms with Gasteiger partial charge in [-0.2, -0.15) is 59.7 Å². The van der Waals surface area contributed by atoms with Crippen molar-refractivity contribution in [2.24, 2.45) is 0 Å². The Labute approximate surface area is 324 Å². The maximum Gasteiger partial charge on any atom is 0.523 e. The number of alkyl halides is 9. The summed E-state index contributed by atoms with van der Waals surface area (Å²) in [6.07, 6.45) is -2.57. The first-order chi connectivity index (χ1) is 26.7. The van der Waals surface area contributed by atoms with Crippen molar-refractivity contribution >= 4 is 45.8 Å². The highest BCUT2D eigenvalue weighted by Gasteiger charge is 2.44. The fourth-order valence-corrected chi connectivity index (χ4v) is 8.40. The maximum atomic E-state index is 16.1. The Morgan fingerprint density at radius 3 is 1.22 bits per heavy atom. The van der Waals surface area contributed by atoms with Crippen LogP contribution in [0.25, 0.3) is 42.4 Å². The molecule has 5 rings (SSSR count). The highest BCUT2D eigenvalue weighted by molar-refractivity contribution is 8.09. The first-order valence-corrected chi connectivity index (χ1v) is 17.1. The standard InChI is InChI=1S/C34H7F17N4S3/c1-8-10(31(54-2)55-3)4-12-14(8)15(18-20(35)24(39)29(25(40)21(18)36)57-33(46,47)48)13-5-11(9(6-52)7-53)28(56-32(43,44)45)17(13)16(12)19-22(37)26(41)30(27(42)23(19)38)58-34(49,50)51/h4-5H2,1H3. The van der Waals surface area contributed by atoms with E-state index in [1.54, 1.807) is 0 Å². The molecule has 0 saturated carbocycles. The number of nitrogens with zero attached hydrogens (tertiary/aromatic N) is 4. The van der Waals surface area contributed by atoms with Crippen molar-refractivity contribution in [2.45, 2.75) is 46.1 Å². The van der Waals surface area contributed by atoms with Crippen LogP contribution in [0.15, 0.2) is 32.3 Å². The number of hydrogen-bond acceptors (Lipinski definition) is 5. The highest BCUT2D eigenvalue weighted by atomic mass is 32.2. The molecule has 0 aromatic heterocycles. The molecule has 0 saturated heterocycles. The lowest BCUT2D eigenvalue weighted by molar-refractivity contribution is -0.0339. The van der Waals surface area contributed by atoms with Gasteiger partial charge in [-0.25, -0.2) is 35.1 Å². The highest BCUT2D eigenvalue weighted by Crippen LogP contribution is 2.50. The minimum Gasteiger partial charge on any atom is -0.203 e. The molecule has 0 bridgehead atoms. The van der Waals surface area contributed by atoms with Crippen LogP contribution in [0.2, 0.25) is 0 Å². The molecule has 2 aliphatic carbocycles. The van der Waals surface area contributed by atoms with Crippen LogP contribution in [0.1, 0.15) is 18.1 Å². The van der Waals surface area contributed by atoms with E-state index in [1.165, 1.54) is 12.1 Å². The van der Waals surface area contributed by atoms with E-state index in [1.807, 2.05) is 0 Å². The van der Waals surface area contributed by atoms with Crippen molar-refractivity contribution < 1.29 is 74.6 Å². The summed E-state index contributed by atoms with van der Waals surface area (Å²) in [5, 5.41) is 16.9. The number of hydrogen-bond donors (Lipinski definition) is 0. The van der Waals surface area contributed by atoms with Gasteiger partial charge in [-0.1, -0.05) is 0 Å². The molecule has 0 unspecified atom stereocenters. The average Bonchev–Trinajstić information content (AvgIpc) is 3.64. The Morgan fingerprint density at radius 2 is 0.879 bits per heavy atom. The molecular weight excluding hydrogens is 884 g/mol. The van der Waals surface area contributed by atoms with Crippen LogP contribution in [0.4, 0.5) is 74.6 Å². The molecule has 3 aromatic rings. The van der Waals surface area contributed by atoms with Crippen LogP contribution in [0, 0.1) is 82.3 Å². The van der Waals surface area contributed by atoms with E-state index in [9.17, 15) is 50.0 Å². The number of allylic oxidation sites excluding steroid dienone is 2. The van der Waals surface area contributed by atoms with Crippen molar-refractivity contribution in [3.63, 3.8) is 0 Å². The van der Waals surface area contributed by atoms with Crippen LogP contribution in [-0.4, -0.2) is 16.5 Å². The minimum absolute atomic E-state index is 0.598. The van der Waals surface area contributed by atoms with E-state index in [0.29, 0.717) is 0 Å². The molecule has 0 amide bonds. The molecule has 0 aliphatic heterocycles. The third-order valence-electron chi connectivity index (χ3n) is 8.35. The lowest BCUT2D eigenvalue weighted by Gasteiger charge is -2.20. The Balaban J connectivity index is 2.24. The van der Waals surface area contributed by atoms with Crippen molar-refractivity contribution in [1.29, 1.82) is 10.5 Å². The van der Waals surface area contributed by atoms with Gasteiger partial charge < -0.3 is 0 Å². The first-order valence-electron chi connectivity index (χ1n) is 14.7. The molecule has 0 spiro atoms. The molecule has 0 fully saturated rings. The van der Waals surface area contributed by atoms with Gasteiger partial charge in [-0.3, -0.25) is 0 Å². The van der Waals surface area contributed by atoms with Gasteiger partial charge in [0.25, 0.3) is 0 Å². The number of fused-ring (bicyclic) bond motifs is 2. The largest absolute Gasteiger partial charge is 0.523 e. The Hall–Kier alpha value is -5.30. The monoisotopic (exact) mass is 890 g/mol. The molecule has 300 valence electrons. The van der Waals surface area contributed by atoms with Crippen LogP contribution < -0.4 is 10.4 Å². The lowest BCUT2D eigenvalue weighted by Crippen LogP contribution is -2.27. The summed E-state index contributed by atoms with van der Waals surface area (Å²) in [5.41, 5.74) is -29.5. The fraction of sp³-hybridized carbons (Fsp3) is 0.176. The van der Waals surface area contributed by atoms with Crippen molar-refractivity contribution in [2.75, 3.05) is 0 Å². The van der Waals surface area contributed by atoms with Crippen LogP contribution >= 0.6 is 35.3 Å². The zero-order chi connectivity index (χ0) is 43.7. The summed E-state index contributed by atoms with van der Waals surface area (Å²) in [6, 6.07) is 2.38. The van der Waals surface area contributed by atoms with Gasteiger partial charge in [-0.05, 0) is 81.7 Å². The van der Waals surface area contributed by atoms with Crippen molar-refractivity contribution in [3.8, 4) is 34.4 Å². The van der Waals surface area contributed by atoms with Gasteiger partial charge in [0.2, 0.25) is 0 Å². The zero-order valence-electron chi connectivity index (χ0n) is 27.4. The average molecular weight is 891 g/mol. The van der Waals surface area contributed by atoms with Gasteiger partial charge in [0, 0.05) is 22.1 Å². The predicted octanol–water partition coefficient (Wildman–Crippen LogP) is 11.4. The molecule has 2 aliphatic rings.